The molecule has 0 N–H and O–H groups in total. The fourth-order valence-corrected chi connectivity index (χ4v) is 13.4. The summed E-state index contributed by atoms with van der Waals surface area (Å²) < 4.78 is 4.96. The molecular weight excluding hydrogens is 769 g/mol. The average molecular weight is 821 g/mol. The van der Waals surface area contributed by atoms with Crippen molar-refractivity contribution in [3.05, 3.63) is 143 Å². The molecule has 4 aliphatic carbocycles. The van der Waals surface area contributed by atoms with Crippen molar-refractivity contribution in [3.8, 4) is 16.8 Å². The number of aromatic nitrogens is 2. The summed E-state index contributed by atoms with van der Waals surface area (Å²) in [7, 11) is 0. The topological polar surface area (TPSA) is 43.5 Å². The number of ketones is 2. The Labute approximate surface area is 367 Å². The summed E-state index contributed by atoms with van der Waals surface area (Å²) in [6, 6.07) is 40.9. The summed E-state index contributed by atoms with van der Waals surface area (Å²) >= 11 is 0. The van der Waals surface area contributed by atoms with Gasteiger partial charge < -0.3 is 8.97 Å². The van der Waals surface area contributed by atoms with E-state index in [2.05, 4.69) is 139 Å². The van der Waals surface area contributed by atoms with Gasteiger partial charge in [-0.1, -0.05) is 87.9 Å². The van der Waals surface area contributed by atoms with E-state index in [0.29, 0.717) is 24.0 Å². The maximum atomic E-state index is 14.4. The zero-order valence-corrected chi connectivity index (χ0v) is 36.6. The molecule has 1 atom stereocenters. The number of aryl methyl sites for hydroxylation is 2. The van der Waals surface area contributed by atoms with E-state index in [9.17, 15) is 9.59 Å². The minimum absolute atomic E-state index is 0.121. The maximum Gasteiger partial charge on any atom is 0.166 e. The molecule has 7 aromatic carbocycles. The van der Waals surface area contributed by atoms with E-state index in [0.717, 1.165) is 86.4 Å². The third kappa shape index (κ3) is 5.04. The van der Waals surface area contributed by atoms with Crippen LogP contribution in [0.2, 0.25) is 0 Å². The zero-order valence-electron chi connectivity index (χ0n) is 36.6. The van der Waals surface area contributed by atoms with Crippen LogP contribution < -0.4 is 0 Å². The van der Waals surface area contributed by atoms with Gasteiger partial charge >= 0.3 is 0 Å². The van der Waals surface area contributed by atoms with E-state index in [-0.39, 0.29) is 11.7 Å². The first-order chi connectivity index (χ1) is 31.0. The fraction of sp³-hybridized carbons (Fsp3) is 0.288. The molecule has 0 amide bonds. The lowest BCUT2D eigenvalue weighted by Gasteiger charge is -2.22. The van der Waals surface area contributed by atoms with E-state index >= 15 is 0 Å². The Hall–Kier alpha value is -6.26. The molecule has 1 saturated carbocycles. The molecule has 14 rings (SSSR count). The first-order valence-electron chi connectivity index (χ1n) is 23.9. The van der Waals surface area contributed by atoms with Gasteiger partial charge in [0.1, 0.15) is 0 Å². The predicted molar refractivity (Wildman–Crippen MR) is 262 cm³/mol. The van der Waals surface area contributed by atoms with Gasteiger partial charge in [-0.25, -0.2) is 0 Å². The van der Waals surface area contributed by atoms with Crippen molar-refractivity contribution in [2.24, 2.45) is 5.92 Å². The molecule has 1 unspecified atom stereocenters. The number of carbonyl (C=O) groups excluding carboxylic acids is 2. The van der Waals surface area contributed by atoms with Crippen LogP contribution in [0.25, 0.3) is 87.5 Å². The lowest BCUT2D eigenvalue weighted by atomic mass is 9.81. The first kappa shape index (κ1) is 37.3. The monoisotopic (exact) mass is 820 g/mol. The van der Waals surface area contributed by atoms with Crippen LogP contribution in [0.5, 0.6) is 0 Å². The minimum Gasteiger partial charge on any atom is -0.309 e. The van der Waals surface area contributed by atoms with Crippen LogP contribution in [0.1, 0.15) is 133 Å². The molecule has 10 aromatic rings. The molecule has 4 aliphatic rings. The van der Waals surface area contributed by atoms with Gasteiger partial charge in [-0.05, 0) is 157 Å². The normalized spacial score (nSPS) is 19.1. The van der Waals surface area contributed by atoms with Crippen molar-refractivity contribution in [3.63, 3.8) is 0 Å². The minimum atomic E-state index is 0.121. The molecule has 0 aliphatic heterocycles. The van der Waals surface area contributed by atoms with Gasteiger partial charge in [0.2, 0.25) is 0 Å². The number of para-hydroxylation sites is 2. The number of fused-ring (bicyclic) bond motifs is 14. The highest BCUT2D eigenvalue weighted by molar-refractivity contribution is 6.29. The van der Waals surface area contributed by atoms with E-state index < -0.39 is 0 Å². The smallest absolute Gasteiger partial charge is 0.166 e. The largest absolute Gasteiger partial charge is 0.309 e. The van der Waals surface area contributed by atoms with Gasteiger partial charge in [-0.15, -0.1) is 0 Å². The molecule has 63 heavy (non-hydrogen) atoms. The number of carbonyl (C=O) groups is 2. The highest BCUT2D eigenvalue weighted by atomic mass is 16.1. The van der Waals surface area contributed by atoms with E-state index in [1.54, 1.807) is 0 Å². The van der Waals surface area contributed by atoms with Gasteiger partial charge in [-0.2, -0.15) is 0 Å². The van der Waals surface area contributed by atoms with Gasteiger partial charge in [0.15, 0.2) is 11.6 Å². The van der Waals surface area contributed by atoms with Crippen LogP contribution in [0, 0.1) is 5.92 Å². The van der Waals surface area contributed by atoms with Crippen LogP contribution in [0.15, 0.2) is 109 Å². The van der Waals surface area contributed by atoms with Crippen molar-refractivity contribution >= 4 is 82.2 Å². The van der Waals surface area contributed by atoms with Gasteiger partial charge in [0, 0.05) is 66.9 Å². The van der Waals surface area contributed by atoms with Crippen LogP contribution in [0.4, 0.5) is 0 Å². The highest BCUT2D eigenvalue weighted by Gasteiger charge is 2.37. The van der Waals surface area contributed by atoms with Crippen molar-refractivity contribution in [2.45, 2.75) is 103 Å². The molecule has 3 aromatic heterocycles. The van der Waals surface area contributed by atoms with Crippen LogP contribution >= 0.6 is 0 Å². The van der Waals surface area contributed by atoms with Crippen LogP contribution in [-0.4, -0.2) is 20.5 Å². The van der Waals surface area contributed by atoms with Crippen molar-refractivity contribution in [2.75, 3.05) is 0 Å². The zero-order chi connectivity index (χ0) is 42.2. The fourth-order valence-electron chi connectivity index (χ4n) is 13.4. The average Bonchev–Trinajstić information content (AvgIpc) is 3.86. The van der Waals surface area contributed by atoms with Crippen molar-refractivity contribution < 1.29 is 9.59 Å². The Morgan fingerprint density at radius 1 is 0.540 bits per heavy atom. The summed E-state index contributed by atoms with van der Waals surface area (Å²) in [6.45, 7) is 6.95. The Morgan fingerprint density at radius 2 is 1.21 bits per heavy atom. The highest BCUT2D eigenvalue weighted by Crippen LogP contribution is 2.52. The Balaban J connectivity index is 1.23. The number of hydrogen-bond donors (Lipinski definition) is 0. The van der Waals surface area contributed by atoms with Gasteiger partial charge in [0.25, 0.3) is 0 Å². The lowest BCUT2D eigenvalue weighted by molar-refractivity contribution is 0.0897. The third-order valence-electron chi connectivity index (χ3n) is 16.1. The van der Waals surface area contributed by atoms with Crippen LogP contribution in [0.3, 0.4) is 0 Å². The lowest BCUT2D eigenvalue weighted by Crippen LogP contribution is -2.15. The second-order valence-corrected chi connectivity index (χ2v) is 19.2. The van der Waals surface area contributed by atoms with Crippen LogP contribution in [-0.2, 0) is 12.8 Å². The first-order valence-corrected chi connectivity index (χ1v) is 23.9. The maximum absolute atomic E-state index is 14.4. The predicted octanol–water partition coefficient (Wildman–Crippen LogP) is 15.6. The van der Waals surface area contributed by atoms with E-state index in [4.69, 9.17) is 0 Å². The molecule has 0 radical (unpaired) electrons. The van der Waals surface area contributed by atoms with Crippen molar-refractivity contribution in [1.82, 2.24) is 8.97 Å². The quantitative estimate of drug-likeness (QED) is 0.157. The standard InChI is InChI=1S/C59H52N2O2/c1-4-15-33-16-14-23-53(62)45-31-51-44(28-42(33)45)47-30-46(37(5-2)55-49-29-43-34-24-26-35(27-25-34)59(63)48(43)32-52(49)61(51)58(47)55)54-38(6-3)56-41-21-12-13-22-50(41)60(36-17-8-7-9-18-36)57(56)40-20-11-10-19-39(40)54/h7-13,17-22,28-35H,4-6,14-16,23-27H2,1-3H3. The SMILES string of the molecule is CCCC1CCCC(=O)c2cc3c(cc21)c1cc(-c2c(CC)c4c5ccccc5n(-c5ccccc5)c4c4ccccc24)c(CC)c2c4cc5c(cc4n3c12)C(=O)C1CCC5CC1. The second kappa shape index (κ2) is 13.9. The molecule has 1 fully saturated rings. The van der Waals surface area contributed by atoms with E-state index in [1.165, 1.54) is 98.7 Å². The molecule has 4 heteroatoms. The molecule has 2 bridgehead atoms. The number of hydrogen-bond acceptors (Lipinski definition) is 2. The summed E-state index contributed by atoms with van der Waals surface area (Å²) in [5.74, 6) is 1.51. The molecular formula is C59H52N2O2. The summed E-state index contributed by atoms with van der Waals surface area (Å²) in [5, 5.41) is 10.2. The molecule has 4 nitrogen and oxygen atoms in total. The summed E-state index contributed by atoms with van der Waals surface area (Å²) in [5.41, 5.74) is 16.8. The Morgan fingerprint density at radius 3 is 1.98 bits per heavy atom. The number of benzene rings is 7. The van der Waals surface area contributed by atoms with E-state index in [1.807, 2.05) is 0 Å². The van der Waals surface area contributed by atoms with Crippen molar-refractivity contribution in [1.29, 1.82) is 0 Å². The van der Waals surface area contributed by atoms with Gasteiger partial charge in [0.05, 0.1) is 27.6 Å². The number of nitrogens with zero attached hydrogens (tertiary/aromatic N) is 2. The summed E-state index contributed by atoms with van der Waals surface area (Å²) in [6.07, 6.45) is 10.7. The second-order valence-electron chi connectivity index (χ2n) is 19.2. The molecule has 0 saturated heterocycles. The number of Topliss-reactive ketones (excluding diaryl/α,β-unsaturated/α-hetero) is 2. The summed E-state index contributed by atoms with van der Waals surface area (Å²) in [4.78, 5) is 28.5. The molecule has 0 spiro atoms. The number of rotatable bonds is 6. The molecule has 310 valence electrons. The molecule has 3 heterocycles. The Bertz CT molecular complexity index is 3580. The third-order valence-corrected chi connectivity index (χ3v) is 16.1. The Kier molecular flexibility index (Phi) is 8.21. The van der Waals surface area contributed by atoms with Gasteiger partial charge in [-0.3, -0.25) is 9.59 Å².